The second-order valence-corrected chi connectivity index (χ2v) is 6.99. The summed E-state index contributed by atoms with van der Waals surface area (Å²) < 4.78 is 0. The van der Waals surface area contributed by atoms with E-state index in [4.69, 9.17) is 23.2 Å². The molecule has 0 bridgehead atoms. The molecule has 0 aromatic heterocycles. The van der Waals surface area contributed by atoms with Crippen LogP contribution in [-0.2, 0) is 4.79 Å². The number of rotatable bonds is 5. The van der Waals surface area contributed by atoms with Crippen LogP contribution < -0.4 is 15.5 Å². The number of halogens is 2. The Kier molecular flexibility index (Phi) is 6.05. The van der Waals surface area contributed by atoms with Gasteiger partial charge in [-0.2, -0.15) is 0 Å². The summed E-state index contributed by atoms with van der Waals surface area (Å²) in [4.78, 5) is 14.5. The van der Waals surface area contributed by atoms with Crippen LogP contribution in [-0.4, -0.2) is 25.5 Å². The number of nitrogens with one attached hydrogen (secondary N) is 2. The van der Waals surface area contributed by atoms with Crippen LogP contribution >= 0.6 is 23.2 Å². The van der Waals surface area contributed by atoms with Crippen LogP contribution in [0.5, 0.6) is 0 Å². The highest BCUT2D eigenvalue weighted by atomic mass is 35.5. The summed E-state index contributed by atoms with van der Waals surface area (Å²) in [5.74, 6) is -0.119. The molecule has 0 saturated carbocycles. The van der Waals surface area contributed by atoms with Gasteiger partial charge in [-0.1, -0.05) is 23.2 Å². The van der Waals surface area contributed by atoms with E-state index < -0.39 is 0 Å². The van der Waals surface area contributed by atoms with E-state index in [1.807, 2.05) is 18.2 Å². The van der Waals surface area contributed by atoms with Crippen LogP contribution in [0.2, 0.25) is 10.0 Å². The molecule has 4 nitrogen and oxygen atoms in total. The number of piperidine rings is 1. The molecule has 0 atom stereocenters. The molecular formula is C19H21Cl2N3O. The lowest BCUT2D eigenvalue weighted by Gasteiger charge is -2.30. The first-order valence-electron chi connectivity index (χ1n) is 8.45. The summed E-state index contributed by atoms with van der Waals surface area (Å²) in [6.07, 6.45) is 3.66. The zero-order chi connectivity index (χ0) is 17.6. The van der Waals surface area contributed by atoms with Gasteiger partial charge in [-0.05, 0) is 61.7 Å². The van der Waals surface area contributed by atoms with Gasteiger partial charge in [-0.25, -0.2) is 0 Å². The first kappa shape index (κ1) is 17.9. The Hall–Kier alpha value is -1.91. The molecule has 0 spiro atoms. The Bertz CT molecular complexity index is 728. The summed E-state index contributed by atoms with van der Waals surface area (Å²) in [6, 6.07) is 12.8. The lowest BCUT2D eigenvalue weighted by atomic mass is 10.1. The molecule has 3 rings (SSSR count). The van der Waals surface area contributed by atoms with Gasteiger partial charge in [0.1, 0.15) is 0 Å². The van der Waals surface area contributed by atoms with Crippen molar-refractivity contribution in [3.05, 3.63) is 52.5 Å². The SMILES string of the molecule is O=C(CNc1cc(Cl)ccc1N1CCCCC1)Nc1ccc(Cl)cc1. The molecule has 2 N–H and O–H groups in total. The smallest absolute Gasteiger partial charge is 0.243 e. The molecule has 2 aromatic carbocycles. The van der Waals surface area contributed by atoms with Gasteiger partial charge in [-0.3, -0.25) is 4.79 Å². The van der Waals surface area contributed by atoms with Crippen LogP contribution in [0.1, 0.15) is 19.3 Å². The van der Waals surface area contributed by atoms with E-state index in [1.54, 1.807) is 24.3 Å². The fourth-order valence-corrected chi connectivity index (χ4v) is 3.27. The lowest BCUT2D eigenvalue weighted by Crippen LogP contribution is -2.30. The van der Waals surface area contributed by atoms with E-state index in [0.717, 1.165) is 30.2 Å². The Morgan fingerprint density at radius 1 is 0.960 bits per heavy atom. The Morgan fingerprint density at radius 3 is 2.36 bits per heavy atom. The summed E-state index contributed by atoms with van der Waals surface area (Å²) in [5, 5.41) is 7.36. The normalized spacial score (nSPS) is 14.2. The van der Waals surface area contributed by atoms with Crippen LogP contribution in [0.15, 0.2) is 42.5 Å². The highest BCUT2D eigenvalue weighted by Crippen LogP contribution is 2.31. The Labute approximate surface area is 158 Å². The maximum atomic E-state index is 12.2. The van der Waals surface area contributed by atoms with Crippen LogP contribution in [0.4, 0.5) is 17.1 Å². The second kappa shape index (κ2) is 8.45. The topological polar surface area (TPSA) is 44.4 Å². The average Bonchev–Trinajstić information content (AvgIpc) is 2.63. The molecule has 1 amide bonds. The van der Waals surface area contributed by atoms with E-state index in [9.17, 15) is 4.79 Å². The molecule has 1 aliphatic heterocycles. The zero-order valence-electron chi connectivity index (χ0n) is 13.9. The number of carbonyl (C=O) groups excluding carboxylic acids is 1. The van der Waals surface area contributed by atoms with Crippen molar-refractivity contribution in [2.75, 3.05) is 35.2 Å². The summed E-state index contributed by atoms with van der Waals surface area (Å²) in [7, 11) is 0. The minimum absolute atomic E-state index is 0.119. The molecule has 132 valence electrons. The molecule has 25 heavy (non-hydrogen) atoms. The largest absolute Gasteiger partial charge is 0.374 e. The maximum Gasteiger partial charge on any atom is 0.243 e. The average molecular weight is 378 g/mol. The standard InChI is InChI=1S/C19H21Cl2N3O/c20-14-4-7-16(8-5-14)23-19(25)13-22-17-12-15(21)6-9-18(17)24-10-2-1-3-11-24/h4-9,12,22H,1-3,10-11,13H2,(H,23,25). The predicted octanol–water partition coefficient (Wildman–Crippen LogP) is 5.03. The summed E-state index contributed by atoms with van der Waals surface area (Å²) >= 11 is 12.0. The van der Waals surface area contributed by atoms with Crippen molar-refractivity contribution in [2.45, 2.75) is 19.3 Å². The highest BCUT2D eigenvalue weighted by molar-refractivity contribution is 6.31. The van der Waals surface area contributed by atoms with E-state index in [1.165, 1.54) is 19.3 Å². The van der Waals surface area contributed by atoms with Crippen molar-refractivity contribution in [1.82, 2.24) is 0 Å². The van der Waals surface area contributed by atoms with Crippen molar-refractivity contribution in [3.8, 4) is 0 Å². The molecule has 1 heterocycles. The van der Waals surface area contributed by atoms with E-state index >= 15 is 0 Å². The van der Waals surface area contributed by atoms with Crippen LogP contribution in [0.3, 0.4) is 0 Å². The number of benzene rings is 2. The van der Waals surface area contributed by atoms with Crippen molar-refractivity contribution in [1.29, 1.82) is 0 Å². The molecular weight excluding hydrogens is 357 g/mol. The molecule has 0 unspecified atom stereocenters. The van der Waals surface area contributed by atoms with Gasteiger partial charge in [0.15, 0.2) is 0 Å². The maximum absolute atomic E-state index is 12.2. The third kappa shape index (κ3) is 5.03. The Balaban J connectivity index is 1.64. The number of nitrogens with zero attached hydrogens (tertiary/aromatic N) is 1. The van der Waals surface area contributed by atoms with E-state index in [2.05, 4.69) is 15.5 Å². The molecule has 1 aliphatic rings. The van der Waals surface area contributed by atoms with Crippen molar-refractivity contribution in [3.63, 3.8) is 0 Å². The number of anilines is 3. The van der Waals surface area contributed by atoms with Gasteiger partial charge in [-0.15, -0.1) is 0 Å². The number of hydrogen-bond donors (Lipinski definition) is 2. The Morgan fingerprint density at radius 2 is 1.64 bits per heavy atom. The molecule has 6 heteroatoms. The lowest BCUT2D eigenvalue weighted by molar-refractivity contribution is -0.114. The molecule has 1 saturated heterocycles. The van der Waals surface area contributed by atoms with Gasteiger partial charge in [0.2, 0.25) is 5.91 Å². The molecule has 0 radical (unpaired) electrons. The van der Waals surface area contributed by atoms with Gasteiger partial charge in [0.25, 0.3) is 0 Å². The summed E-state index contributed by atoms with van der Waals surface area (Å²) in [6.45, 7) is 2.24. The fraction of sp³-hybridized carbons (Fsp3) is 0.316. The zero-order valence-corrected chi connectivity index (χ0v) is 15.4. The molecule has 0 aliphatic carbocycles. The third-order valence-corrected chi connectivity index (χ3v) is 4.71. The highest BCUT2D eigenvalue weighted by Gasteiger charge is 2.15. The molecule has 2 aromatic rings. The number of amides is 1. The van der Waals surface area contributed by atoms with E-state index in [0.29, 0.717) is 10.0 Å². The number of hydrogen-bond acceptors (Lipinski definition) is 3. The molecule has 1 fully saturated rings. The fourth-order valence-electron chi connectivity index (χ4n) is 2.97. The summed E-state index contributed by atoms with van der Waals surface area (Å²) in [5.41, 5.74) is 2.71. The first-order chi connectivity index (χ1) is 12.1. The van der Waals surface area contributed by atoms with Gasteiger partial charge in [0.05, 0.1) is 17.9 Å². The third-order valence-electron chi connectivity index (χ3n) is 4.22. The van der Waals surface area contributed by atoms with Crippen molar-refractivity contribution < 1.29 is 4.79 Å². The van der Waals surface area contributed by atoms with Crippen molar-refractivity contribution in [2.24, 2.45) is 0 Å². The van der Waals surface area contributed by atoms with Crippen LogP contribution in [0.25, 0.3) is 0 Å². The second-order valence-electron chi connectivity index (χ2n) is 6.12. The minimum atomic E-state index is -0.119. The van der Waals surface area contributed by atoms with Gasteiger partial charge < -0.3 is 15.5 Å². The minimum Gasteiger partial charge on any atom is -0.374 e. The quantitative estimate of drug-likeness (QED) is 0.767. The first-order valence-corrected chi connectivity index (χ1v) is 9.21. The van der Waals surface area contributed by atoms with Gasteiger partial charge in [0, 0.05) is 28.8 Å². The van der Waals surface area contributed by atoms with Crippen molar-refractivity contribution >= 4 is 46.2 Å². The van der Waals surface area contributed by atoms with Crippen LogP contribution in [0, 0.1) is 0 Å². The predicted molar refractivity (Wildman–Crippen MR) is 106 cm³/mol. The monoisotopic (exact) mass is 377 g/mol. The number of carbonyl (C=O) groups is 1. The van der Waals surface area contributed by atoms with E-state index in [-0.39, 0.29) is 12.5 Å². The van der Waals surface area contributed by atoms with Gasteiger partial charge >= 0.3 is 0 Å².